The van der Waals surface area contributed by atoms with Crippen LogP contribution in [0.15, 0.2) is 60.7 Å². The van der Waals surface area contributed by atoms with Gasteiger partial charge in [-0.3, -0.25) is 24.0 Å². The first-order valence-corrected chi connectivity index (χ1v) is 40.0. The van der Waals surface area contributed by atoms with Crippen molar-refractivity contribution in [2.75, 3.05) is 64.0 Å². The highest BCUT2D eigenvalue weighted by molar-refractivity contribution is 8.76. The average Bonchev–Trinajstić information content (AvgIpc) is 1.74. The number of nitrogens with zero attached hydrogens (tertiary/aromatic N) is 2. The second-order valence-corrected chi connectivity index (χ2v) is 29.4. The van der Waals surface area contributed by atoms with Gasteiger partial charge in [0.25, 0.3) is 0 Å². The Hall–Kier alpha value is -3.85. The Labute approximate surface area is 567 Å². The van der Waals surface area contributed by atoms with E-state index in [-0.39, 0.29) is 48.8 Å². The molecule has 2 fully saturated rings. The normalized spacial score (nSPS) is 14.3. The molecule has 2 aliphatic heterocycles. The highest BCUT2D eigenvalue weighted by Crippen LogP contribution is 2.27. The van der Waals surface area contributed by atoms with Crippen molar-refractivity contribution in [1.29, 1.82) is 0 Å². The largest absolute Gasteiger partial charge is 0.465 e. The number of hydrogen-bond acceptors (Lipinski definition) is 14. The Morgan fingerprint density at radius 3 is 1.14 bits per heavy atom. The smallest absolute Gasteiger partial charge is 0.311 e. The molecule has 0 aromatic heterocycles. The van der Waals surface area contributed by atoms with Gasteiger partial charge < -0.3 is 33.5 Å². The van der Waals surface area contributed by atoms with Gasteiger partial charge in [-0.15, -0.1) is 0 Å². The van der Waals surface area contributed by atoms with E-state index in [0.29, 0.717) is 55.8 Å². The summed E-state index contributed by atoms with van der Waals surface area (Å²) >= 11 is 0. The third-order valence-corrected chi connectivity index (χ3v) is 20.9. The maximum atomic E-state index is 12.8. The van der Waals surface area contributed by atoms with Crippen LogP contribution in [0.3, 0.4) is 0 Å². The number of ether oxygens (including phenoxy) is 5. The van der Waals surface area contributed by atoms with E-state index in [1.165, 1.54) is 122 Å². The Bertz CT molecular complexity index is 2180. The van der Waals surface area contributed by atoms with Crippen molar-refractivity contribution in [2.24, 2.45) is 11.8 Å². The topological polar surface area (TPSA) is 138 Å². The van der Waals surface area contributed by atoms with E-state index in [2.05, 4.69) is 42.7 Å². The zero-order valence-electron chi connectivity index (χ0n) is 58.3. The summed E-state index contributed by atoms with van der Waals surface area (Å²) in [7, 11) is 3.97. The van der Waals surface area contributed by atoms with Crippen molar-refractivity contribution in [3.05, 3.63) is 71.8 Å². The van der Waals surface area contributed by atoms with Gasteiger partial charge in [0.2, 0.25) is 0 Å². The van der Waals surface area contributed by atoms with Gasteiger partial charge in [-0.05, 0) is 183 Å². The molecule has 92 heavy (non-hydrogen) atoms. The third kappa shape index (κ3) is 43.3. The highest BCUT2D eigenvalue weighted by atomic mass is 33.1. The molecule has 2 aromatic rings. The molecule has 14 heteroatoms. The minimum Gasteiger partial charge on any atom is -0.465 e. The van der Waals surface area contributed by atoms with Gasteiger partial charge in [0.05, 0.1) is 26.1 Å². The van der Waals surface area contributed by atoms with Gasteiger partial charge in [-0.2, -0.15) is 0 Å². The summed E-state index contributed by atoms with van der Waals surface area (Å²) in [6.45, 7) is 14.3. The summed E-state index contributed by atoms with van der Waals surface area (Å²) in [6.07, 6.45) is 50.2. The number of esters is 5. The third-order valence-electron chi connectivity index (χ3n) is 18.5. The molecule has 0 amide bonds. The first-order chi connectivity index (χ1) is 45.1. The maximum Gasteiger partial charge on any atom is 0.311 e. The summed E-state index contributed by atoms with van der Waals surface area (Å²) in [5.41, 5.74) is 1.69. The number of carbonyl (C=O) groups is 5. The van der Waals surface area contributed by atoms with E-state index in [4.69, 9.17) is 23.7 Å². The van der Waals surface area contributed by atoms with Crippen molar-refractivity contribution in [1.82, 2.24) is 9.80 Å². The fourth-order valence-electron chi connectivity index (χ4n) is 12.5. The molecule has 2 aliphatic rings. The van der Waals surface area contributed by atoms with E-state index < -0.39 is 0 Å². The van der Waals surface area contributed by atoms with Crippen LogP contribution in [0.25, 0.3) is 0 Å². The number of piperidine rings is 2. The first kappa shape index (κ1) is 80.6. The molecule has 522 valence electrons. The number of carbonyl (C=O) groups excluding carboxylic acids is 5. The number of benzene rings is 2. The molecule has 2 aromatic carbocycles. The Morgan fingerprint density at radius 1 is 0.424 bits per heavy atom. The molecular formula is C78H128N2O10S2. The van der Waals surface area contributed by atoms with Gasteiger partial charge in [-0.25, -0.2) is 0 Å². The van der Waals surface area contributed by atoms with E-state index in [1.54, 1.807) is 24.3 Å². The predicted molar refractivity (Wildman–Crippen MR) is 384 cm³/mol. The zero-order chi connectivity index (χ0) is 65.6. The predicted octanol–water partition coefficient (Wildman–Crippen LogP) is 20.1. The Balaban J connectivity index is 0.901. The van der Waals surface area contributed by atoms with Crippen LogP contribution >= 0.6 is 21.6 Å². The summed E-state index contributed by atoms with van der Waals surface area (Å²) in [6, 6.07) is 14.4. The fourth-order valence-corrected chi connectivity index (χ4v) is 14.6. The highest BCUT2D eigenvalue weighted by Gasteiger charge is 2.22. The summed E-state index contributed by atoms with van der Waals surface area (Å²) in [5, 5.41) is 0. The van der Waals surface area contributed by atoms with E-state index >= 15 is 0 Å². The van der Waals surface area contributed by atoms with Crippen LogP contribution in [0.1, 0.15) is 295 Å². The Morgan fingerprint density at radius 2 is 0.761 bits per heavy atom. The van der Waals surface area contributed by atoms with Crippen LogP contribution in [0.4, 0.5) is 0 Å². The van der Waals surface area contributed by atoms with Crippen molar-refractivity contribution < 1.29 is 47.7 Å². The van der Waals surface area contributed by atoms with Crippen LogP contribution < -0.4 is 9.47 Å². The second kappa shape index (κ2) is 55.3. The van der Waals surface area contributed by atoms with Gasteiger partial charge in [0, 0.05) is 43.9 Å². The molecule has 0 radical (unpaired) electrons. The lowest BCUT2D eigenvalue weighted by molar-refractivity contribution is -0.150. The number of allylic oxidation sites excluding steroid dienone is 2. The van der Waals surface area contributed by atoms with E-state index in [9.17, 15) is 24.0 Å². The molecule has 0 atom stereocenters. The van der Waals surface area contributed by atoms with E-state index in [0.717, 1.165) is 184 Å². The number of unbranched alkanes of at least 4 members (excludes halogenated alkanes) is 25. The SMILES string of the molecule is CCCCCCCC/C=C\CCCCCCCC(=O)Oc1ccc(CC(=O)OCCC2CCN(CCSSCCN3CCC(CCOC(=O)Cc4ccc(OC(=O)CCCCCCCC(=O)OC(CCCCCCCC)CCCCCCCC)cc4)CC3)CC2)cc1. The minimum absolute atomic E-state index is 0.0519. The maximum absolute atomic E-state index is 12.8. The monoisotopic (exact) mass is 1320 g/mol. The molecule has 0 N–H and O–H groups in total. The minimum atomic E-state index is -0.254. The molecule has 0 bridgehead atoms. The van der Waals surface area contributed by atoms with E-state index in [1.807, 2.05) is 45.9 Å². The molecule has 0 saturated carbocycles. The fraction of sp³-hybridized carbons (Fsp3) is 0.756. The van der Waals surface area contributed by atoms with Crippen LogP contribution in [-0.2, 0) is 51.0 Å². The van der Waals surface area contributed by atoms with Crippen molar-refractivity contribution in [2.45, 2.75) is 303 Å². The molecule has 2 heterocycles. The average molecular weight is 1320 g/mol. The zero-order valence-corrected chi connectivity index (χ0v) is 59.9. The Kier molecular flexibility index (Phi) is 48.4. The van der Waals surface area contributed by atoms with Crippen LogP contribution in [0, 0.1) is 11.8 Å². The van der Waals surface area contributed by atoms with Gasteiger partial charge in [0.1, 0.15) is 17.6 Å². The van der Waals surface area contributed by atoms with Gasteiger partial charge in [0.15, 0.2) is 0 Å². The quantitative estimate of drug-likeness (QED) is 0.0155. The molecule has 2 saturated heterocycles. The van der Waals surface area contributed by atoms with Crippen molar-refractivity contribution in [3.8, 4) is 11.5 Å². The van der Waals surface area contributed by atoms with Crippen LogP contribution in [-0.4, -0.2) is 110 Å². The van der Waals surface area contributed by atoms with Crippen LogP contribution in [0.2, 0.25) is 0 Å². The summed E-state index contributed by atoms with van der Waals surface area (Å²) in [4.78, 5) is 68.3. The number of hydrogen-bond donors (Lipinski definition) is 0. The van der Waals surface area contributed by atoms with Crippen molar-refractivity contribution in [3.63, 3.8) is 0 Å². The lowest BCUT2D eigenvalue weighted by Gasteiger charge is -2.32. The molecule has 0 unspecified atom stereocenters. The lowest BCUT2D eigenvalue weighted by Crippen LogP contribution is -2.36. The molecule has 0 spiro atoms. The van der Waals surface area contributed by atoms with Crippen molar-refractivity contribution >= 4 is 51.4 Å². The number of likely N-dealkylation sites (tertiary alicyclic amines) is 2. The molecule has 4 rings (SSSR count). The van der Waals surface area contributed by atoms with Crippen LogP contribution in [0.5, 0.6) is 11.5 Å². The molecular weight excluding hydrogens is 1190 g/mol. The number of rotatable bonds is 57. The molecule has 12 nitrogen and oxygen atoms in total. The summed E-state index contributed by atoms with van der Waals surface area (Å²) in [5.74, 6) is 3.47. The van der Waals surface area contributed by atoms with Gasteiger partial charge in [-0.1, -0.05) is 214 Å². The standard InChI is InChI=1S/C78H128N2O10S2/c1-4-7-10-13-16-17-18-19-20-21-22-23-24-28-33-39-75(82)89-72-45-41-69(42-46-72)65-77(84)86-61-53-67-49-55-79(56-50-67)59-63-91-92-64-60-80-57-51-68(52-58-80)54-62-87-78(85)66-70-43-47-73(48-44-70)90-76(83)40-35-30-25-29-34-38-74(81)88-71(36-31-26-14-11-8-5-2)37-32-27-15-12-9-6-3/h19-20,41-48,67-68,71H,4-18,21-40,49-66H2,1-3H3/b20-19-. The lowest BCUT2D eigenvalue weighted by atomic mass is 9.94. The molecule has 0 aliphatic carbocycles. The second-order valence-electron chi connectivity index (χ2n) is 26.6. The van der Waals surface area contributed by atoms with Gasteiger partial charge >= 0.3 is 29.8 Å². The summed E-state index contributed by atoms with van der Waals surface area (Å²) < 4.78 is 28.4. The first-order valence-electron chi connectivity index (χ1n) is 37.6.